The molecular weight excluding hydrogens is 230 g/mol. The summed E-state index contributed by atoms with van der Waals surface area (Å²) in [4.78, 5) is 0. The number of para-hydroxylation sites is 1. The molecule has 0 bridgehead atoms. The second-order valence-corrected chi connectivity index (χ2v) is 4.99. The van der Waals surface area contributed by atoms with E-state index in [2.05, 4.69) is 5.32 Å². The van der Waals surface area contributed by atoms with E-state index in [1.807, 2.05) is 18.2 Å². The normalized spacial score (nSPS) is 26.3. The molecule has 0 amide bonds. The van der Waals surface area contributed by atoms with Gasteiger partial charge in [0.1, 0.15) is 0 Å². The zero-order chi connectivity index (χ0) is 12.4. The van der Waals surface area contributed by atoms with E-state index in [4.69, 9.17) is 9.47 Å². The number of rotatable bonds is 3. The highest BCUT2D eigenvalue weighted by molar-refractivity contribution is 5.48. The molecule has 1 aliphatic carbocycles. The molecule has 98 valence electrons. The molecule has 3 rings (SSSR count). The fourth-order valence-electron chi connectivity index (χ4n) is 2.72. The quantitative estimate of drug-likeness (QED) is 0.857. The van der Waals surface area contributed by atoms with Gasteiger partial charge in [0.25, 0.3) is 0 Å². The Balaban J connectivity index is 1.65. The highest BCUT2D eigenvalue weighted by atomic mass is 16.7. The maximum atomic E-state index is 9.92. The second-order valence-electron chi connectivity index (χ2n) is 4.99. The predicted molar refractivity (Wildman–Crippen MR) is 67.7 cm³/mol. The number of nitrogens with one attached hydrogen (secondary N) is 1. The molecule has 1 aromatic carbocycles. The summed E-state index contributed by atoms with van der Waals surface area (Å²) in [6.07, 6.45) is 4.07. The Labute approximate surface area is 107 Å². The van der Waals surface area contributed by atoms with Crippen LogP contribution in [0.25, 0.3) is 0 Å². The fraction of sp³-hybridized carbons (Fsp3) is 0.571. The van der Waals surface area contributed by atoms with Crippen LogP contribution in [0.4, 0.5) is 0 Å². The number of ether oxygens (including phenoxy) is 2. The fourth-order valence-corrected chi connectivity index (χ4v) is 2.72. The van der Waals surface area contributed by atoms with Gasteiger partial charge in [-0.3, -0.25) is 0 Å². The number of benzene rings is 1. The first-order valence-electron chi connectivity index (χ1n) is 6.63. The summed E-state index contributed by atoms with van der Waals surface area (Å²) in [5, 5.41) is 13.4. The van der Waals surface area contributed by atoms with Crippen LogP contribution in [0.1, 0.15) is 31.2 Å². The van der Waals surface area contributed by atoms with E-state index >= 15 is 0 Å². The van der Waals surface area contributed by atoms with Crippen molar-refractivity contribution in [3.05, 3.63) is 23.8 Å². The molecule has 4 nitrogen and oxygen atoms in total. The van der Waals surface area contributed by atoms with E-state index in [1.54, 1.807) is 0 Å². The van der Waals surface area contributed by atoms with Crippen molar-refractivity contribution in [3.63, 3.8) is 0 Å². The van der Waals surface area contributed by atoms with Crippen molar-refractivity contribution in [2.75, 3.05) is 6.79 Å². The van der Waals surface area contributed by atoms with Gasteiger partial charge in [-0.1, -0.05) is 25.0 Å². The van der Waals surface area contributed by atoms with Gasteiger partial charge in [-0.25, -0.2) is 0 Å². The maximum Gasteiger partial charge on any atom is 0.231 e. The topological polar surface area (TPSA) is 50.7 Å². The van der Waals surface area contributed by atoms with Crippen molar-refractivity contribution in [2.45, 2.75) is 44.4 Å². The van der Waals surface area contributed by atoms with Gasteiger partial charge in [-0.15, -0.1) is 0 Å². The van der Waals surface area contributed by atoms with Gasteiger partial charge < -0.3 is 19.9 Å². The predicted octanol–water partition coefficient (Wildman–Crippen LogP) is 1.81. The summed E-state index contributed by atoms with van der Waals surface area (Å²) in [5.41, 5.74) is 1.10. The van der Waals surface area contributed by atoms with Crippen molar-refractivity contribution >= 4 is 0 Å². The first-order chi connectivity index (χ1) is 8.84. The van der Waals surface area contributed by atoms with Crippen LogP contribution in [-0.4, -0.2) is 24.0 Å². The monoisotopic (exact) mass is 249 g/mol. The summed E-state index contributed by atoms with van der Waals surface area (Å²) in [7, 11) is 0. The average Bonchev–Trinajstić information content (AvgIpc) is 2.86. The van der Waals surface area contributed by atoms with Crippen LogP contribution in [0, 0.1) is 0 Å². The molecule has 0 spiro atoms. The highest BCUT2D eigenvalue weighted by Gasteiger charge is 2.23. The Morgan fingerprint density at radius 2 is 2.11 bits per heavy atom. The zero-order valence-electron chi connectivity index (χ0n) is 10.4. The van der Waals surface area contributed by atoms with Gasteiger partial charge in [0.05, 0.1) is 6.10 Å². The van der Waals surface area contributed by atoms with Gasteiger partial charge >= 0.3 is 0 Å². The van der Waals surface area contributed by atoms with Crippen LogP contribution in [0.3, 0.4) is 0 Å². The van der Waals surface area contributed by atoms with Crippen LogP contribution >= 0.6 is 0 Å². The minimum atomic E-state index is -0.215. The first kappa shape index (κ1) is 11.8. The molecule has 2 aliphatic rings. The average molecular weight is 249 g/mol. The molecule has 1 fully saturated rings. The van der Waals surface area contributed by atoms with Crippen molar-refractivity contribution in [2.24, 2.45) is 0 Å². The SMILES string of the molecule is O[C@H]1CCCC[C@@H]1NCc1cccc2c1OCO2. The van der Waals surface area contributed by atoms with Crippen molar-refractivity contribution in [1.29, 1.82) is 0 Å². The molecule has 1 aromatic rings. The number of hydrogen-bond donors (Lipinski definition) is 2. The number of fused-ring (bicyclic) bond motifs is 1. The van der Waals surface area contributed by atoms with Gasteiger partial charge in [0.2, 0.25) is 6.79 Å². The van der Waals surface area contributed by atoms with E-state index in [0.717, 1.165) is 36.3 Å². The molecule has 0 saturated heterocycles. The third-order valence-corrected chi connectivity index (χ3v) is 3.76. The maximum absolute atomic E-state index is 9.92. The third-order valence-electron chi connectivity index (χ3n) is 3.76. The van der Waals surface area contributed by atoms with Crippen molar-refractivity contribution in [3.8, 4) is 11.5 Å². The lowest BCUT2D eigenvalue weighted by Gasteiger charge is -2.28. The van der Waals surface area contributed by atoms with Gasteiger partial charge in [0.15, 0.2) is 11.5 Å². The van der Waals surface area contributed by atoms with Crippen LogP contribution in [-0.2, 0) is 6.54 Å². The summed E-state index contributed by atoms with van der Waals surface area (Å²) in [5.74, 6) is 1.66. The van der Waals surface area contributed by atoms with Crippen LogP contribution < -0.4 is 14.8 Å². The molecule has 18 heavy (non-hydrogen) atoms. The van der Waals surface area contributed by atoms with E-state index in [-0.39, 0.29) is 12.1 Å². The summed E-state index contributed by atoms with van der Waals surface area (Å²) >= 11 is 0. The second kappa shape index (κ2) is 5.16. The molecule has 1 aliphatic heterocycles. The molecule has 0 radical (unpaired) electrons. The number of hydrogen-bond acceptors (Lipinski definition) is 4. The highest BCUT2D eigenvalue weighted by Crippen LogP contribution is 2.35. The number of aliphatic hydroxyl groups is 1. The number of aliphatic hydroxyl groups excluding tert-OH is 1. The van der Waals surface area contributed by atoms with Crippen LogP contribution in [0.2, 0.25) is 0 Å². The molecule has 2 N–H and O–H groups in total. The Hall–Kier alpha value is -1.26. The molecule has 2 atom stereocenters. The zero-order valence-corrected chi connectivity index (χ0v) is 10.4. The summed E-state index contributed by atoms with van der Waals surface area (Å²) in [6.45, 7) is 1.02. The molecule has 1 saturated carbocycles. The lowest BCUT2D eigenvalue weighted by Crippen LogP contribution is -2.41. The third kappa shape index (κ3) is 2.31. The van der Waals surface area contributed by atoms with E-state index in [0.29, 0.717) is 13.3 Å². The van der Waals surface area contributed by atoms with Gasteiger partial charge in [0, 0.05) is 18.2 Å². The molecular formula is C14H19NO3. The Morgan fingerprint density at radius 1 is 1.22 bits per heavy atom. The first-order valence-corrected chi connectivity index (χ1v) is 6.63. The van der Waals surface area contributed by atoms with E-state index in [1.165, 1.54) is 6.42 Å². The lowest BCUT2D eigenvalue weighted by atomic mass is 9.92. The lowest BCUT2D eigenvalue weighted by molar-refractivity contribution is 0.0900. The summed E-state index contributed by atoms with van der Waals surface area (Å²) < 4.78 is 10.8. The van der Waals surface area contributed by atoms with Gasteiger partial charge in [-0.2, -0.15) is 0 Å². The Kier molecular flexibility index (Phi) is 3.39. The minimum absolute atomic E-state index is 0.205. The van der Waals surface area contributed by atoms with Crippen molar-refractivity contribution < 1.29 is 14.6 Å². The standard InChI is InChI=1S/C14H19NO3/c16-12-6-2-1-5-11(12)15-8-10-4-3-7-13-14(10)18-9-17-13/h3-4,7,11-12,15-16H,1-2,5-6,8-9H2/t11-,12-/m0/s1. The summed E-state index contributed by atoms with van der Waals surface area (Å²) in [6, 6.07) is 6.13. The van der Waals surface area contributed by atoms with Crippen molar-refractivity contribution in [1.82, 2.24) is 5.32 Å². The van der Waals surface area contributed by atoms with E-state index in [9.17, 15) is 5.11 Å². The molecule has 1 heterocycles. The largest absolute Gasteiger partial charge is 0.454 e. The minimum Gasteiger partial charge on any atom is -0.454 e. The Morgan fingerprint density at radius 3 is 3.00 bits per heavy atom. The van der Waals surface area contributed by atoms with Gasteiger partial charge in [-0.05, 0) is 18.9 Å². The van der Waals surface area contributed by atoms with E-state index < -0.39 is 0 Å². The molecule has 4 heteroatoms. The molecule has 0 aromatic heterocycles. The van der Waals surface area contributed by atoms with Crippen LogP contribution in [0.15, 0.2) is 18.2 Å². The van der Waals surface area contributed by atoms with Crippen LogP contribution in [0.5, 0.6) is 11.5 Å². The smallest absolute Gasteiger partial charge is 0.231 e. The molecule has 0 unspecified atom stereocenters. The Bertz CT molecular complexity index is 422.